The summed E-state index contributed by atoms with van der Waals surface area (Å²) in [5.74, 6) is 0.225. The van der Waals surface area contributed by atoms with Gasteiger partial charge in [-0.1, -0.05) is 30.3 Å². The predicted octanol–water partition coefficient (Wildman–Crippen LogP) is 2.03. The third-order valence-corrected chi connectivity index (χ3v) is 4.56. The van der Waals surface area contributed by atoms with Gasteiger partial charge >= 0.3 is 5.97 Å². The third-order valence-electron chi connectivity index (χ3n) is 4.56. The number of fused-ring (bicyclic) bond motifs is 1. The van der Waals surface area contributed by atoms with E-state index in [0.717, 1.165) is 26.1 Å². The van der Waals surface area contributed by atoms with Gasteiger partial charge in [-0.2, -0.15) is 0 Å². The normalized spacial score (nSPS) is 29.2. The summed E-state index contributed by atoms with van der Waals surface area (Å²) in [6.45, 7) is 4.02. The van der Waals surface area contributed by atoms with Gasteiger partial charge in [-0.05, 0) is 24.3 Å². The number of ether oxygens (including phenoxy) is 1. The maximum atomic E-state index is 12.4. The quantitative estimate of drug-likeness (QED) is 0.798. The smallest absolute Gasteiger partial charge is 0.303 e. The highest BCUT2D eigenvalue weighted by molar-refractivity contribution is 5.88. The van der Waals surface area contributed by atoms with E-state index < -0.39 is 6.10 Å². The van der Waals surface area contributed by atoms with Gasteiger partial charge in [-0.15, -0.1) is 0 Å². The first-order valence-electron chi connectivity index (χ1n) is 7.60. The molecule has 0 N–H and O–H groups in total. The van der Waals surface area contributed by atoms with Crippen LogP contribution in [0.1, 0.15) is 25.3 Å². The van der Waals surface area contributed by atoms with E-state index >= 15 is 0 Å². The highest BCUT2D eigenvalue weighted by Gasteiger charge is 2.44. The van der Waals surface area contributed by atoms with Crippen molar-refractivity contribution < 1.29 is 14.3 Å². The molecule has 2 fully saturated rings. The average Bonchev–Trinajstić information content (AvgIpc) is 2.86. The van der Waals surface area contributed by atoms with Gasteiger partial charge in [0.1, 0.15) is 0 Å². The van der Waals surface area contributed by atoms with E-state index in [9.17, 15) is 9.59 Å². The number of Topliss-reactive ketones (excluding diaryl/α,β-unsaturated/α-hetero) is 1. The minimum Gasteiger partial charge on any atom is -0.455 e. The van der Waals surface area contributed by atoms with Gasteiger partial charge in [0, 0.05) is 32.5 Å². The van der Waals surface area contributed by atoms with Gasteiger partial charge in [-0.3, -0.25) is 14.5 Å². The maximum absolute atomic E-state index is 12.4. The number of hydrogen-bond donors (Lipinski definition) is 0. The van der Waals surface area contributed by atoms with E-state index in [4.69, 9.17) is 4.74 Å². The Kier molecular flexibility index (Phi) is 4.06. The Labute approximate surface area is 125 Å². The monoisotopic (exact) mass is 287 g/mol. The summed E-state index contributed by atoms with van der Waals surface area (Å²) < 4.78 is 5.16. The van der Waals surface area contributed by atoms with Crippen molar-refractivity contribution in [1.82, 2.24) is 4.90 Å². The van der Waals surface area contributed by atoms with E-state index in [0.29, 0.717) is 12.3 Å². The second-order valence-corrected chi connectivity index (χ2v) is 6.12. The fourth-order valence-electron chi connectivity index (χ4n) is 3.61. The SMILES string of the molecule is CC(=O)OC1CCC2CN(Cc3ccccc3)CC2C1=O. The predicted molar refractivity (Wildman–Crippen MR) is 78.5 cm³/mol. The van der Waals surface area contributed by atoms with Crippen LogP contribution < -0.4 is 0 Å². The summed E-state index contributed by atoms with van der Waals surface area (Å²) >= 11 is 0. The lowest BCUT2D eigenvalue weighted by Gasteiger charge is -2.28. The Hall–Kier alpha value is -1.68. The van der Waals surface area contributed by atoms with Crippen LogP contribution in [0.2, 0.25) is 0 Å². The number of carbonyl (C=O) groups is 2. The van der Waals surface area contributed by atoms with Gasteiger partial charge in [0.05, 0.1) is 0 Å². The van der Waals surface area contributed by atoms with Crippen LogP contribution in [-0.2, 0) is 20.9 Å². The number of carbonyl (C=O) groups excluding carboxylic acids is 2. The van der Waals surface area contributed by atoms with Crippen molar-refractivity contribution in [1.29, 1.82) is 0 Å². The van der Waals surface area contributed by atoms with E-state index in [1.807, 2.05) is 18.2 Å². The Morgan fingerprint density at radius 1 is 1.24 bits per heavy atom. The van der Waals surface area contributed by atoms with E-state index in [1.165, 1.54) is 12.5 Å². The van der Waals surface area contributed by atoms with Crippen LogP contribution in [0, 0.1) is 11.8 Å². The van der Waals surface area contributed by atoms with Gasteiger partial charge in [-0.25, -0.2) is 0 Å². The zero-order chi connectivity index (χ0) is 14.8. The lowest BCUT2D eigenvalue weighted by atomic mass is 9.79. The maximum Gasteiger partial charge on any atom is 0.303 e. The molecule has 112 valence electrons. The number of benzene rings is 1. The molecule has 1 aromatic rings. The molecule has 0 bridgehead atoms. The summed E-state index contributed by atoms with van der Waals surface area (Å²) in [7, 11) is 0. The fraction of sp³-hybridized carbons (Fsp3) is 0.529. The summed E-state index contributed by atoms with van der Waals surface area (Å²) in [4.78, 5) is 25.9. The molecule has 0 radical (unpaired) electrons. The lowest BCUT2D eigenvalue weighted by Crippen LogP contribution is -2.40. The van der Waals surface area contributed by atoms with Crippen LogP contribution in [0.25, 0.3) is 0 Å². The van der Waals surface area contributed by atoms with Crippen LogP contribution in [-0.4, -0.2) is 35.8 Å². The average molecular weight is 287 g/mol. The zero-order valence-electron chi connectivity index (χ0n) is 12.3. The van der Waals surface area contributed by atoms with Crippen molar-refractivity contribution in [2.24, 2.45) is 11.8 Å². The first kappa shape index (κ1) is 14.3. The van der Waals surface area contributed by atoms with Crippen molar-refractivity contribution in [3.05, 3.63) is 35.9 Å². The van der Waals surface area contributed by atoms with E-state index in [2.05, 4.69) is 17.0 Å². The number of likely N-dealkylation sites (tertiary alicyclic amines) is 1. The van der Waals surface area contributed by atoms with Gasteiger partial charge in [0.25, 0.3) is 0 Å². The Bertz CT molecular complexity index is 528. The van der Waals surface area contributed by atoms with E-state index in [-0.39, 0.29) is 17.7 Å². The number of ketones is 1. The summed E-state index contributed by atoms with van der Waals surface area (Å²) in [6, 6.07) is 10.3. The molecular weight excluding hydrogens is 266 g/mol. The molecule has 0 spiro atoms. The molecule has 4 nitrogen and oxygen atoms in total. The number of nitrogens with zero attached hydrogens (tertiary/aromatic N) is 1. The van der Waals surface area contributed by atoms with Crippen molar-refractivity contribution in [2.75, 3.05) is 13.1 Å². The van der Waals surface area contributed by atoms with Crippen molar-refractivity contribution in [3.63, 3.8) is 0 Å². The first-order valence-corrected chi connectivity index (χ1v) is 7.60. The second-order valence-electron chi connectivity index (χ2n) is 6.12. The second kappa shape index (κ2) is 5.98. The number of esters is 1. The highest BCUT2D eigenvalue weighted by Crippen LogP contribution is 2.35. The minimum atomic E-state index is -0.513. The highest BCUT2D eigenvalue weighted by atomic mass is 16.5. The zero-order valence-corrected chi connectivity index (χ0v) is 12.3. The van der Waals surface area contributed by atoms with Crippen LogP contribution >= 0.6 is 0 Å². The summed E-state index contributed by atoms with van der Waals surface area (Å²) in [5.41, 5.74) is 1.28. The molecular formula is C17H21NO3. The van der Waals surface area contributed by atoms with Crippen LogP contribution in [0.5, 0.6) is 0 Å². The molecule has 3 atom stereocenters. The molecule has 1 saturated carbocycles. The van der Waals surface area contributed by atoms with Gasteiger partial charge in [0.2, 0.25) is 0 Å². The Morgan fingerprint density at radius 2 is 2.00 bits per heavy atom. The van der Waals surface area contributed by atoms with Crippen molar-refractivity contribution >= 4 is 11.8 Å². The fourth-order valence-corrected chi connectivity index (χ4v) is 3.61. The van der Waals surface area contributed by atoms with Crippen LogP contribution in [0.4, 0.5) is 0 Å². The molecule has 3 rings (SSSR count). The molecule has 2 aliphatic rings. The molecule has 0 aromatic heterocycles. The van der Waals surface area contributed by atoms with Crippen LogP contribution in [0.3, 0.4) is 0 Å². The van der Waals surface area contributed by atoms with Crippen molar-refractivity contribution in [2.45, 2.75) is 32.4 Å². The largest absolute Gasteiger partial charge is 0.455 e. The number of rotatable bonds is 3. The molecule has 1 aliphatic carbocycles. The first-order chi connectivity index (χ1) is 10.1. The molecule has 0 amide bonds. The molecule has 1 saturated heterocycles. The Balaban J connectivity index is 1.63. The summed E-state index contributed by atoms with van der Waals surface area (Å²) in [5, 5.41) is 0. The van der Waals surface area contributed by atoms with Gasteiger partial charge < -0.3 is 4.74 Å². The van der Waals surface area contributed by atoms with Crippen LogP contribution in [0.15, 0.2) is 30.3 Å². The summed E-state index contributed by atoms with van der Waals surface area (Å²) in [6.07, 6.45) is 1.14. The molecule has 1 aromatic carbocycles. The van der Waals surface area contributed by atoms with E-state index in [1.54, 1.807) is 0 Å². The Morgan fingerprint density at radius 3 is 2.71 bits per heavy atom. The molecule has 21 heavy (non-hydrogen) atoms. The molecule has 3 unspecified atom stereocenters. The van der Waals surface area contributed by atoms with Crippen molar-refractivity contribution in [3.8, 4) is 0 Å². The lowest BCUT2D eigenvalue weighted by molar-refractivity contribution is -0.157. The molecule has 1 heterocycles. The van der Waals surface area contributed by atoms with Gasteiger partial charge in [0.15, 0.2) is 11.9 Å². The number of hydrogen-bond acceptors (Lipinski definition) is 4. The molecule has 4 heteroatoms. The molecule has 1 aliphatic heterocycles. The topological polar surface area (TPSA) is 46.6 Å². The minimum absolute atomic E-state index is 0.0341. The third kappa shape index (κ3) is 3.16. The standard InChI is InChI=1S/C17H21NO3/c1-12(19)21-16-8-7-14-10-18(11-15(14)17(16)20)9-13-5-3-2-4-6-13/h2-6,14-16H,7-11H2,1H3.